The van der Waals surface area contributed by atoms with Gasteiger partial charge in [-0.1, -0.05) is 29.3 Å². The van der Waals surface area contributed by atoms with Crippen LogP contribution in [0.15, 0.2) is 60.7 Å². The summed E-state index contributed by atoms with van der Waals surface area (Å²) in [7, 11) is 2.42. The van der Waals surface area contributed by atoms with Crippen molar-refractivity contribution in [3.05, 3.63) is 98.5 Å². The van der Waals surface area contributed by atoms with Crippen LogP contribution in [-0.2, 0) is 12.4 Å². The van der Waals surface area contributed by atoms with Gasteiger partial charge in [-0.2, -0.15) is 26.3 Å². The molecule has 0 radical (unpaired) electrons. The first-order valence-electron chi connectivity index (χ1n) is 12.1. The van der Waals surface area contributed by atoms with Gasteiger partial charge in [0.25, 0.3) is 11.8 Å². The molecule has 1 aliphatic rings. The highest BCUT2D eigenvalue weighted by Crippen LogP contribution is 2.39. The Balaban J connectivity index is 1.69. The average molecular weight is 619 g/mol. The highest BCUT2D eigenvalue weighted by molar-refractivity contribution is 6.42. The zero-order valence-electron chi connectivity index (χ0n) is 21.5. The van der Waals surface area contributed by atoms with Crippen LogP contribution in [0.2, 0.25) is 10.0 Å². The molecule has 3 aromatic rings. The molecule has 5 nitrogen and oxygen atoms in total. The first kappa shape index (κ1) is 30.5. The van der Waals surface area contributed by atoms with Crippen molar-refractivity contribution in [2.45, 2.75) is 30.9 Å². The summed E-state index contributed by atoms with van der Waals surface area (Å²) in [6.45, 7) is 0.0521. The predicted molar refractivity (Wildman–Crippen MR) is 140 cm³/mol. The van der Waals surface area contributed by atoms with Crippen molar-refractivity contribution in [2.75, 3.05) is 20.7 Å². The second-order valence-electron chi connectivity index (χ2n) is 9.45. The van der Waals surface area contributed by atoms with E-state index in [2.05, 4.69) is 0 Å². The molecule has 2 atom stereocenters. The molecule has 0 aliphatic carbocycles. The van der Waals surface area contributed by atoms with E-state index in [4.69, 9.17) is 27.9 Å². The number of ether oxygens (including phenoxy) is 1. The Labute approximate surface area is 241 Å². The number of halogens is 8. The summed E-state index contributed by atoms with van der Waals surface area (Å²) < 4.78 is 84.7. The number of hydrogen-bond acceptors (Lipinski definition) is 3. The Morgan fingerprint density at radius 3 is 2.07 bits per heavy atom. The van der Waals surface area contributed by atoms with Crippen LogP contribution < -0.4 is 4.74 Å². The number of carbonyl (C=O) groups excluding carboxylic acids is 2. The molecular weight excluding hydrogens is 597 g/mol. The number of likely N-dealkylation sites (tertiary alicyclic amines) is 1. The molecule has 218 valence electrons. The Kier molecular flexibility index (Phi) is 8.52. The molecule has 0 N–H and O–H groups in total. The lowest BCUT2D eigenvalue weighted by molar-refractivity contribution is -0.139. The smallest absolute Gasteiger partial charge is 0.419 e. The van der Waals surface area contributed by atoms with Gasteiger partial charge in [0.1, 0.15) is 11.9 Å². The molecule has 1 fully saturated rings. The number of benzene rings is 3. The van der Waals surface area contributed by atoms with Crippen molar-refractivity contribution >= 4 is 35.0 Å². The summed E-state index contributed by atoms with van der Waals surface area (Å²) in [5.41, 5.74) is -1.73. The number of amides is 2. The van der Waals surface area contributed by atoms with Crippen molar-refractivity contribution < 1.29 is 40.7 Å². The zero-order valence-corrected chi connectivity index (χ0v) is 23.0. The molecule has 13 heteroatoms. The second-order valence-corrected chi connectivity index (χ2v) is 10.3. The quantitative estimate of drug-likeness (QED) is 0.275. The third-order valence-electron chi connectivity index (χ3n) is 6.93. The minimum absolute atomic E-state index is 0.0521. The van der Waals surface area contributed by atoms with Gasteiger partial charge in [-0.3, -0.25) is 9.59 Å². The Morgan fingerprint density at radius 2 is 1.51 bits per heavy atom. The van der Waals surface area contributed by atoms with E-state index in [0.717, 1.165) is 42.3 Å². The molecule has 41 heavy (non-hydrogen) atoms. The van der Waals surface area contributed by atoms with E-state index in [1.807, 2.05) is 0 Å². The van der Waals surface area contributed by atoms with Crippen LogP contribution in [0.1, 0.15) is 49.7 Å². The lowest BCUT2D eigenvalue weighted by atomic mass is 9.97. The van der Waals surface area contributed by atoms with Gasteiger partial charge in [0.05, 0.1) is 28.3 Å². The highest BCUT2D eigenvalue weighted by Gasteiger charge is 2.41. The lowest BCUT2D eigenvalue weighted by Gasteiger charge is -2.32. The number of carbonyl (C=O) groups is 2. The minimum atomic E-state index is -4.79. The summed E-state index contributed by atoms with van der Waals surface area (Å²) in [4.78, 5) is 29.4. The molecule has 3 aromatic carbocycles. The first-order chi connectivity index (χ1) is 19.1. The van der Waals surface area contributed by atoms with Gasteiger partial charge in [-0.15, -0.1) is 0 Å². The van der Waals surface area contributed by atoms with E-state index in [1.54, 1.807) is 18.2 Å². The maximum Gasteiger partial charge on any atom is 0.419 e. The molecular formula is C28H22Cl2F6N2O3. The fraction of sp³-hybridized carbons (Fsp3) is 0.286. The third-order valence-corrected chi connectivity index (χ3v) is 7.67. The summed E-state index contributed by atoms with van der Waals surface area (Å²) in [6, 6.07) is 11.4. The standard InChI is InChI=1S/C28H22Cl2F6N2O3/c1-37(25(39)17-6-10-23(41-2)20(11-17)28(34,35)36)24-13-18(16-5-9-21(29)22(30)12-16)14-38(24)26(40)15-3-7-19(8-4-15)27(31,32)33/h3-12,18,24H,13-14H2,1-2H3/t18-,24?/m0/s1. The molecule has 0 saturated carbocycles. The molecule has 1 aliphatic heterocycles. The summed E-state index contributed by atoms with van der Waals surface area (Å²) in [5, 5.41) is 0.561. The van der Waals surface area contributed by atoms with Crippen molar-refractivity contribution in [1.29, 1.82) is 0 Å². The topological polar surface area (TPSA) is 49.9 Å². The van der Waals surface area contributed by atoms with Gasteiger partial charge < -0.3 is 14.5 Å². The number of methoxy groups -OCH3 is 1. The molecule has 0 aromatic heterocycles. The zero-order chi connectivity index (χ0) is 30.3. The Hall–Kier alpha value is -3.44. The Morgan fingerprint density at radius 1 is 0.878 bits per heavy atom. The normalized spacial score (nSPS) is 17.5. The van der Waals surface area contributed by atoms with Gasteiger partial charge in [0.2, 0.25) is 0 Å². The van der Waals surface area contributed by atoms with Crippen LogP contribution in [0.3, 0.4) is 0 Å². The van der Waals surface area contributed by atoms with Crippen molar-refractivity contribution in [2.24, 2.45) is 0 Å². The summed E-state index contributed by atoms with van der Waals surface area (Å²) in [6.07, 6.45) is -10.2. The van der Waals surface area contributed by atoms with E-state index in [-0.39, 0.29) is 35.0 Å². The fourth-order valence-electron chi connectivity index (χ4n) is 4.78. The SMILES string of the molecule is COc1ccc(C(=O)N(C)C2C[C@H](c3ccc(Cl)c(Cl)c3)CN2C(=O)c2ccc(C(F)(F)F)cc2)cc1C(F)(F)F. The van der Waals surface area contributed by atoms with E-state index < -0.39 is 47.2 Å². The molecule has 2 amide bonds. The van der Waals surface area contributed by atoms with E-state index >= 15 is 0 Å². The molecule has 1 unspecified atom stereocenters. The van der Waals surface area contributed by atoms with Crippen LogP contribution in [0.5, 0.6) is 5.75 Å². The molecule has 0 bridgehead atoms. The number of hydrogen-bond donors (Lipinski definition) is 0. The second kappa shape index (κ2) is 11.4. The van der Waals surface area contributed by atoms with Crippen LogP contribution in [0.25, 0.3) is 0 Å². The maximum absolute atomic E-state index is 13.6. The van der Waals surface area contributed by atoms with E-state index in [1.165, 1.54) is 18.0 Å². The predicted octanol–water partition coefficient (Wildman–Crippen LogP) is 7.77. The third kappa shape index (κ3) is 6.41. The molecule has 4 rings (SSSR count). The van der Waals surface area contributed by atoms with Crippen LogP contribution in [0, 0.1) is 0 Å². The van der Waals surface area contributed by atoms with Crippen molar-refractivity contribution in [1.82, 2.24) is 9.80 Å². The highest BCUT2D eigenvalue weighted by atomic mass is 35.5. The maximum atomic E-state index is 13.6. The Bertz CT molecular complexity index is 1460. The number of alkyl halides is 6. The largest absolute Gasteiger partial charge is 0.496 e. The monoisotopic (exact) mass is 618 g/mol. The first-order valence-corrected chi connectivity index (χ1v) is 12.8. The van der Waals surface area contributed by atoms with Gasteiger partial charge in [-0.05, 0) is 66.6 Å². The van der Waals surface area contributed by atoms with Crippen molar-refractivity contribution in [3.63, 3.8) is 0 Å². The summed E-state index contributed by atoms with van der Waals surface area (Å²) >= 11 is 12.2. The average Bonchev–Trinajstić information content (AvgIpc) is 3.37. The van der Waals surface area contributed by atoms with Crippen LogP contribution >= 0.6 is 23.2 Å². The number of nitrogens with zero attached hydrogens (tertiary/aromatic N) is 2. The van der Waals surface area contributed by atoms with E-state index in [9.17, 15) is 35.9 Å². The van der Waals surface area contributed by atoms with Crippen LogP contribution in [0.4, 0.5) is 26.3 Å². The van der Waals surface area contributed by atoms with Gasteiger partial charge >= 0.3 is 12.4 Å². The lowest BCUT2D eigenvalue weighted by Crippen LogP contribution is -2.48. The molecule has 1 heterocycles. The van der Waals surface area contributed by atoms with Gasteiger partial charge in [0, 0.05) is 30.6 Å². The summed E-state index contributed by atoms with van der Waals surface area (Å²) in [5.74, 6) is -2.29. The molecule has 1 saturated heterocycles. The fourth-order valence-corrected chi connectivity index (χ4v) is 5.08. The van der Waals surface area contributed by atoms with Gasteiger partial charge in [-0.25, -0.2) is 0 Å². The van der Waals surface area contributed by atoms with Crippen LogP contribution in [-0.4, -0.2) is 48.5 Å². The van der Waals surface area contributed by atoms with Gasteiger partial charge in [0.15, 0.2) is 0 Å². The minimum Gasteiger partial charge on any atom is -0.496 e. The molecule has 0 spiro atoms. The number of rotatable bonds is 5. The van der Waals surface area contributed by atoms with E-state index in [0.29, 0.717) is 16.7 Å². The van der Waals surface area contributed by atoms with Crippen molar-refractivity contribution in [3.8, 4) is 5.75 Å².